The SMILES string of the molecule is Cn1ccc(SN[C@H](c2ccc(Cl)cc2)C(F)(F)F)cc1=O. The highest BCUT2D eigenvalue weighted by Crippen LogP contribution is 2.35. The largest absolute Gasteiger partial charge is 0.408 e. The van der Waals surface area contributed by atoms with E-state index in [0.29, 0.717) is 9.92 Å². The first kappa shape index (κ1) is 16.9. The van der Waals surface area contributed by atoms with E-state index in [0.717, 1.165) is 11.9 Å². The van der Waals surface area contributed by atoms with Gasteiger partial charge in [-0.2, -0.15) is 13.2 Å². The number of halogens is 4. The number of aromatic nitrogens is 1. The highest BCUT2D eigenvalue weighted by atomic mass is 35.5. The second-order valence-electron chi connectivity index (χ2n) is 4.56. The molecule has 3 nitrogen and oxygen atoms in total. The summed E-state index contributed by atoms with van der Waals surface area (Å²) in [4.78, 5) is 11.9. The summed E-state index contributed by atoms with van der Waals surface area (Å²) < 4.78 is 43.2. The minimum Gasteiger partial charge on any atom is -0.319 e. The Morgan fingerprint density at radius 3 is 2.41 bits per heavy atom. The standard InChI is InChI=1S/C14H12ClF3N2OS/c1-20-7-6-11(8-12(20)21)22-19-13(14(16,17)18)9-2-4-10(15)5-3-9/h2-8,13,19H,1H3/t13-/m1/s1. The lowest BCUT2D eigenvalue weighted by atomic mass is 10.1. The van der Waals surface area contributed by atoms with Crippen LogP contribution in [-0.4, -0.2) is 10.7 Å². The molecule has 1 aromatic carbocycles. The fourth-order valence-electron chi connectivity index (χ4n) is 1.70. The van der Waals surface area contributed by atoms with Crippen LogP contribution in [0.3, 0.4) is 0 Å². The summed E-state index contributed by atoms with van der Waals surface area (Å²) in [7, 11) is 1.57. The van der Waals surface area contributed by atoms with Gasteiger partial charge in [-0.25, -0.2) is 4.72 Å². The molecule has 1 atom stereocenters. The van der Waals surface area contributed by atoms with Crippen LogP contribution in [0, 0.1) is 0 Å². The minimum atomic E-state index is -4.47. The Bertz CT molecular complexity index is 700. The van der Waals surface area contributed by atoms with E-state index in [1.165, 1.54) is 41.1 Å². The molecule has 0 radical (unpaired) electrons. The predicted octanol–water partition coefficient (Wildman–Crippen LogP) is 3.94. The van der Waals surface area contributed by atoms with Gasteiger partial charge in [0, 0.05) is 29.2 Å². The van der Waals surface area contributed by atoms with Gasteiger partial charge in [-0.15, -0.1) is 0 Å². The van der Waals surface area contributed by atoms with Crippen molar-refractivity contribution < 1.29 is 13.2 Å². The number of nitrogens with one attached hydrogen (secondary N) is 1. The normalized spacial score (nSPS) is 13.1. The fourth-order valence-corrected chi connectivity index (χ4v) is 2.64. The summed E-state index contributed by atoms with van der Waals surface area (Å²) in [6, 6.07) is 6.41. The Morgan fingerprint density at radius 1 is 1.23 bits per heavy atom. The molecule has 0 aliphatic rings. The van der Waals surface area contributed by atoms with Gasteiger partial charge in [0.25, 0.3) is 5.56 Å². The summed E-state index contributed by atoms with van der Waals surface area (Å²) in [5.41, 5.74) is -0.241. The molecular weight excluding hydrogens is 337 g/mol. The monoisotopic (exact) mass is 348 g/mol. The average Bonchev–Trinajstić information content (AvgIpc) is 2.43. The van der Waals surface area contributed by atoms with Gasteiger partial charge < -0.3 is 4.57 Å². The van der Waals surface area contributed by atoms with Crippen LogP contribution >= 0.6 is 23.5 Å². The molecule has 2 rings (SSSR count). The highest BCUT2D eigenvalue weighted by Gasteiger charge is 2.40. The van der Waals surface area contributed by atoms with E-state index in [1.807, 2.05) is 0 Å². The quantitative estimate of drug-likeness (QED) is 0.850. The summed E-state index contributed by atoms with van der Waals surface area (Å²) >= 11 is 6.45. The zero-order chi connectivity index (χ0) is 16.3. The highest BCUT2D eigenvalue weighted by molar-refractivity contribution is 7.97. The summed E-state index contributed by atoms with van der Waals surface area (Å²) in [5, 5.41) is 0.365. The summed E-state index contributed by atoms with van der Waals surface area (Å²) in [6.07, 6.45) is -2.97. The third kappa shape index (κ3) is 4.28. The Morgan fingerprint density at radius 2 is 1.86 bits per heavy atom. The van der Waals surface area contributed by atoms with Gasteiger partial charge in [0.15, 0.2) is 0 Å². The van der Waals surface area contributed by atoms with Crippen molar-refractivity contribution >= 4 is 23.5 Å². The van der Waals surface area contributed by atoms with Gasteiger partial charge in [-0.3, -0.25) is 4.79 Å². The molecule has 0 spiro atoms. The lowest BCUT2D eigenvalue weighted by Crippen LogP contribution is -2.30. The second kappa shape index (κ2) is 6.76. The first-order valence-electron chi connectivity index (χ1n) is 6.18. The molecule has 0 fully saturated rings. The number of hydrogen-bond acceptors (Lipinski definition) is 3. The molecule has 0 unspecified atom stereocenters. The number of rotatable bonds is 4. The van der Waals surface area contributed by atoms with Crippen LogP contribution in [0.25, 0.3) is 0 Å². The molecule has 1 N–H and O–H groups in total. The van der Waals surface area contributed by atoms with Gasteiger partial charge in [-0.05, 0) is 35.7 Å². The number of pyridine rings is 1. The van der Waals surface area contributed by atoms with Crippen molar-refractivity contribution in [2.45, 2.75) is 17.1 Å². The minimum absolute atomic E-state index is 0.0493. The zero-order valence-electron chi connectivity index (χ0n) is 11.4. The van der Waals surface area contributed by atoms with Crippen molar-refractivity contribution in [1.29, 1.82) is 0 Å². The van der Waals surface area contributed by atoms with Crippen LogP contribution in [0.2, 0.25) is 5.02 Å². The molecule has 8 heteroatoms. The molecule has 0 saturated carbocycles. The fraction of sp³-hybridized carbons (Fsp3) is 0.214. The van der Waals surface area contributed by atoms with Crippen molar-refractivity contribution in [1.82, 2.24) is 9.29 Å². The predicted molar refractivity (Wildman–Crippen MR) is 80.9 cm³/mol. The van der Waals surface area contributed by atoms with Crippen LogP contribution in [0.4, 0.5) is 13.2 Å². The maximum absolute atomic E-state index is 13.2. The van der Waals surface area contributed by atoms with Crippen LogP contribution in [-0.2, 0) is 7.05 Å². The molecule has 118 valence electrons. The first-order valence-corrected chi connectivity index (χ1v) is 7.38. The molecule has 0 aliphatic carbocycles. The Labute approximate surface area is 134 Å². The third-order valence-corrected chi connectivity index (χ3v) is 4.00. The summed E-state index contributed by atoms with van der Waals surface area (Å²) in [6.45, 7) is 0. The van der Waals surface area contributed by atoms with Crippen LogP contribution in [0.5, 0.6) is 0 Å². The topological polar surface area (TPSA) is 34.0 Å². The van der Waals surface area contributed by atoms with Crippen molar-refractivity contribution in [3.63, 3.8) is 0 Å². The van der Waals surface area contributed by atoms with E-state index in [1.54, 1.807) is 13.1 Å². The molecule has 1 aromatic heterocycles. The van der Waals surface area contributed by atoms with E-state index < -0.39 is 12.2 Å². The maximum Gasteiger partial charge on any atom is 0.408 e. The lowest BCUT2D eigenvalue weighted by Gasteiger charge is -2.21. The van der Waals surface area contributed by atoms with Crippen LogP contribution < -0.4 is 10.3 Å². The number of benzene rings is 1. The van der Waals surface area contributed by atoms with Crippen LogP contribution in [0.15, 0.2) is 52.3 Å². The number of alkyl halides is 3. The smallest absolute Gasteiger partial charge is 0.319 e. The van der Waals surface area contributed by atoms with Gasteiger partial charge in [0.05, 0.1) is 0 Å². The Hall–Kier alpha value is -1.44. The van der Waals surface area contributed by atoms with E-state index in [9.17, 15) is 18.0 Å². The molecule has 0 amide bonds. The van der Waals surface area contributed by atoms with Gasteiger partial charge in [0.1, 0.15) is 6.04 Å². The average molecular weight is 349 g/mol. The number of hydrogen-bond donors (Lipinski definition) is 1. The van der Waals surface area contributed by atoms with Crippen LogP contribution in [0.1, 0.15) is 11.6 Å². The van der Waals surface area contributed by atoms with Crippen molar-refractivity contribution in [3.05, 3.63) is 63.5 Å². The number of nitrogens with zero attached hydrogens (tertiary/aromatic N) is 1. The molecule has 0 saturated heterocycles. The molecular formula is C14H12ClF3N2OS. The van der Waals surface area contributed by atoms with Gasteiger partial charge in [0.2, 0.25) is 0 Å². The first-order chi connectivity index (χ1) is 10.3. The third-order valence-electron chi connectivity index (χ3n) is 2.90. The molecule has 0 bridgehead atoms. The van der Waals surface area contributed by atoms with Gasteiger partial charge >= 0.3 is 6.18 Å². The summed E-state index contributed by atoms with van der Waals surface area (Å²) in [5.74, 6) is 0. The molecule has 22 heavy (non-hydrogen) atoms. The molecule has 1 heterocycles. The van der Waals surface area contributed by atoms with E-state index in [2.05, 4.69) is 4.72 Å². The van der Waals surface area contributed by atoms with Crippen molar-refractivity contribution in [2.24, 2.45) is 7.05 Å². The lowest BCUT2D eigenvalue weighted by molar-refractivity contribution is -0.152. The van der Waals surface area contributed by atoms with E-state index in [-0.39, 0.29) is 11.1 Å². The zero-order valence-corrected chi connectivity index (χ0v) is 13.0. The van der Waals surface area contributed by atoms with Crippen molar-refractivity contribution in [2.75, 3.05) is 0 Å². The van der Waals surface area contributed by atoms with E-state index >= 15 is 0 Å². The van der Waals surface area contributed by atoms with Gasteiger partial charge in [-0.1, -0.05) is 23.7 Å². The Balaban J connectivity index is 2.19. The van der Waals surface area contributed by atoms with E-state index in [4.69, 9.17) is 11.6 Å². The molecule has 0 aliphatic heterocycles. The maximum atomic E-state index is 13.2. The number of aryl methyl sites for hydroxylation is 1. The second-order valence-corrected chi connectivity index (χ2v) is 5.91. The Kier molecular flexibility index (Phi) is 5.20. The molecule has 2 aromatic rings. The van der Waals surface area contributed by atoms with Crippen molar-refractivity contribution in [3.8, 4) is 0 Å².